The minimum atomic E-state index is -0.173. The van der Waals surface area contributed by atoms with Crippen molar-refractivity contribution in [2.75, 3.05) is 22.9 Å². The Kier molecular flexibility index (Phi) is 2.16. The molecule has 1 saturated heterocycles. The standard InChI is InChI=1S/C8H12N6O/c9-4-1-5(15)14(2-4)8-6(10)7(11)12-3-13-8/h3-4H,1-2,9-10H2,(H2,11,12,13). The monoisotopic (exact) mass is 208 g/mol. The van der Waals surface area contributed by atoms with Gasteiger partial charge in [-0.25, -0.2) is 9.97 Å². The van der Waals surface area contributed by atoms with Crippen molar-refractivity contribution in [3.05, 3.63) is 6.33 Å². The van der Waals surface area contributed by atoms with E-state index in [-0.39, 0.29) is 23.5 Å². The predicted octanol–water partition coefficient (Wildman–Crippen LogP) is -1.29. The van der Waals surface area contributed by atoms with Crippen LogP contribution in [0.1, 0.15) is 6.42 Å². The van der Waals surface area contributed by atoms with Crippen LogP contribution in [0.5, 0.6) is 0 Å². The lowest BCUT2D eigenvalue weighted by atomic mass is 10.3. The van der Waals surface area contributed by atoms with E-state index in [0.29, 0.717) is 18.8 Å². The van der Waals surface area contributed by atoms with E-state index in [4.69, 9.17) is 17.2 Å². The highest BCUT2D eigenvalue weighted by molar-refractivity contribution is 5.98. The molecule has 7 nitrogen and oxygen atoms in total. The molecule has 15 heavy (non-hydrogen) atoms. The SMILES string of the molecule is Nc1ncnc(N2CC(N)CC2=O)c1N. The molecular formula is C8H12N6O. The summed E-state index contributed by atoms with van der Waals surface area (Å²) < 4.78 is 0. The van der Waals surface area contributed by atoms with E-state index in [1.807, 2.05) is 0 Å². The Morgan fingerprint density at radius 3 is 2.73 bits per heavy atom. The van der Waals surface area contributed by atoms with E-state index in [9.17, 15) is 4.79 Å². The van der Waals surface area contributed by atoms with Gasteiger partial charge in [-0.1, -0.05) is 0 Å². The molecule has 0 bridgehead atoms. The lowest BCUT2D eigenvalue weighted by Crippen LogP contribution is -2.29. The number of hydrogen-bond donors (Lipinski definition) is 3. The van der Waals surface area contributed by atoms with Gasteiger partial charge in [0.2, 0.25) is 5.91 Å². The Hall–Kier alpha value is -1.89. The molecule has 0 aromatic carbocycles. The Morgan fingerprint density at radius 1 is 1.40 bits per heavy atom. The molecule has 1 fully saturated rings. The van der Waals surface area contributed by atoms with E-state index < -0.39 is 0 Å². The first kappa shape index (κ1) is 9.66. The summed E-state index contributed by atoms with van der Waals surface area (Å²) in [5.41, 5.74) is 17.1. The molecular weight excluding hydrogens is 196 g/mol. The number of nitrogens with zero attached hydrogens (tertiary/aromatic N) is 3. The van der Waals surface area contributed by atoms with Crippen LogP contribution in [0.3, 0.4) is 0 Å². The molecule has 7 heteroatoms. The maximum Gasteiger partial charge on any atom is 0.229 e. The smallest absolute Gasteiger partial charge is 0.229 e. The van der Waals surface area contributed by atoms with Crippen LogP contribution in [0.15, 0.2) is 6.33 Å². The first-order valence-electron chi connectivity index (χ1n) is 4.51. The van der Waals surface area contributed by atoms with Crippen LogP contribution in [0, 0.1) is 0 Å². The molecule has 1 aromatic heterocycles. The predicted molar refractivity (Wildman–Crippen MR) is 55.8 cm³/mol. The summed E-state index contributed by atoms with van der Waals surface area (Å²) in [6.45, 7) is 0.416. The molecule has 1 unspecified atom stereocenters. The number of nitrogens with two attached hydrogens (primary N) is 3. The first-order chi connectivity index (χ1) is 7.09. The highest BCUT2D eigenvalue weighted by atomic mass is 16.2. The van der Waals surface area contributed by atoms with Crippen LogP contribution in [-0.2, 0) is 4.79 Å². The number of hydrogen-bond acceptors (Lipinski definition) is 6. The topological polar surface area (TPSA) is 124 Å². The van der Waals surface area contributed by atoms with Crippen LogP contribution in [0.25, 0.3) is 0 Å². The Morgan fingerprint density at radius 2 is 2.13 bits per heavy atom. The van der Waals surface area contributed by atoms with Crippen LogP contribution in [-0.4, -0.2) is 28.5 Å². The van der Waals surface area contributed by atoms with Crippen molar-refractivity contribution in [2.24, 2.45) is 5.73 Å². The van der Waals surface area contributed by atoms with Gasteiger partial charge in [0.25, 0.3) is 0 Å². The Bertz CT molecular complexity index is 406. The molecule has 2 heterocycles. The Labute approximate surface area is 86.3 Å². The average Bonchev–Trinajstić information content (AvgIpc) is 2.50. The zero-order valence-electron chi connectivity index (χ0n) is 8.05. The number of carbonyl (C=O) groups excluding carboxylic acids is 1. The first-order valence-corrected chi connectivity index (χ1v) is 4.51. The van der Waals surface area contributed by atoms with Crippen molar-refractivity contribution < 1.29 is 4.79 Å². The Balaban J connectivity index is 2.38. The number of anilines is 3. The van der Waals surface area contributed by atoms with Gasteiger partial charge in [0.1, 0.15) is 12.0 Å². The summed E-state index contributed by atoms with van der Waals surface area (Å²) in [4.78, 5) is 20.6. The van der Waals surface area contributed by atoms with Crippen LogP contribution in [0.4, 0.5) is 17.3 Å². The summed E-state index contributed by atoms with van der Waals surface area (Å²) in [6, 6.07) is -0.173. The molecule has 1 amide bonds. The summed E-state index contributed by atoms with van der Waals surface area (Å²) >= 11 is 0. The van der Waals surface area contributed by atoms with Gasteiger partial charge in [0.05, 0.1) is 0 Å². The van der Waals surface area contributed by atoms with Gasteiger partial charge in [-0.3, -0.25) is 9.69 Å². The molecule has 1 aliphatic heterocycles. The number of carbonyl (C=O) groups is 1. The fraction of sp³-hybridized carbons (Fsp3) is 0.375. The lowest BCUT2D eigenvalue weighted by molar-refractivity contribution is -0.117. The highest BCUT2D eigenvalue weighted by Crippen LogP contribution is 2.27. The average molecular weight is 208 g/mol. The van der Waals surface area contributed by atoms with Crippen molar-refractivity contribution >= 4 is 23.2 Å². The van der Waals surface area contributed by atoms with E-state index in [2.05, 4.69) is 9.97 Å². The fourth-order valence-electron chi connectivity index (χ4n) is 1.55. The van der Waals surface area contributed by atoms with Crippen molar-refractivity contribution in [1.29, 1.82) is 0 Å². The van der Waals surface area contributed by atoms with E-state index in [0.717, 1.165) is 0 Å². The third kappa shape index (κ3) is 1.57. The number of amides is 1. The quantitative estimate of drug-likeness (QED) is 0.527. The number of rotatable bonds is 1. The molecule has 0 saturated carbocycles. The normalized spacial score (nSPS) is 21.0. The van der Waals surface area contributed by atoms with Crippen molar-refractivity contribution in [3.8, 4) is 0 Å². The van der Waals surface area contributed by atoms with Crippen molar-refractivity contribution in [3.63, 3.8) is 0 Å². The third-order valence-corrected chi connectivity index (χ3v) is 2.30. The molecule has 6 N–H and O–H groups in total. The molecule has 2 rings (SSSR count). The van der Waals surface area contributed by atoms with Crippen molar-refractivity contribution in [2.45, 2.75) is 12.5 Å². The van der Waals surface area contributed by atoms with E-state index in [1.54, 1.807) is 0 Å². The number of aromatic nitrogens is 2. The summed E-state index contributed by atoms with van der Waals surface area (Å²) in [5, 5.41) is 0. The number of nitrogen functional groups attached to an aromatic ring is 2. The van der Waals surface area contributed by atoms with Gasteiger partial charge in [0.15, 0.2) is 11.6 Å². The molecule has 1 atom stereocenters. The van der Waals surface area contributed by atoms with Crippen LogP contribution in [0.2, 0.25) is 0 Å². The summed E-state index contributed by atoms with van der Waals surface area (Å²) in [5.74, 6) is 0.432. The largest absolute Gasteiger partial charge is 0.393 e. The fourth-order valence-corrected chi connectivity index (χ4v) is 1.55. The van der Waals surface area contributed by atoms with Gasteiger partial charge in [-0.05, 0) is 0 Å². The van der Waals surface area contributed by atoms with E-state index in [1.165, 1.54) is 11.2 Å². The maximum absolute atomic E-state index is 11.5. The highest BCUT2D eigenvalue weighted by Gasteiger charge is 2.30. The zero-order valence-corrected chi connectivity index (χ0v) is 8.05. The molecule has 0 radical (unpaired) electrons. The van der Waals surface area contributed by atoms with Gasteiger partial charge in [-0.2, -0.15) is 0 Å². The van der Waals surface area contributed by atoms with Crippen LogP contribution < -0.4 is 22.1 Å². The van der Waals surface area contributed by atoms with Gasteiger partial charge < -0.3 is 17.2 Å². The lowest BCUT2D eigenvalue weighted by Gasteiger charge is -2.16. The zero-order chi connectivity index (χ0) is 11.0. The molecule has 1 aliphatic rings. The molecule has 1 aromatic rings. The molecule has 0 spiro atoms. The van der Waals surface area contributed by atoms with Crippen molar-refractivity contribution in [1.82, 2.24) is 9.97 Å². The minimum absolute atomic E-state index is 0.0905. The minimum Gasteiger partial charge on any atom is -0.393 e. The third-order valence-electron chi connectivity index (χ3n) is 2.30. The summed E-state index contributed by atoms with van der Waals surface area (Å²) in [6.07, 6.45) is 1.58. The second-order valence-electron chi connectivity index (χ2n) is 3.46. The molecule has 0 aliphatic carbocycles. The summed E-state index contributed by atoms with van der Waals surface area (Å²) in [7, 11) is 0. The second-order valence-corrected chi connectivity index (χ2v) is 3.46. The van der Waals surface area contributed by atoms with E-state index >= 15 is 0 Å². The van der Waals surface area contributed by atoms with Gasteiger partial charge in [0, 0.05) is 19.0 Å². The van der Waals surface area contributed by atoms with Gasteiger partial charge in [-0.15, -0.1) is 0 Å². The van der Waals surface area contributed by atoms with Crippen LogP contribution >= 0.6 is 0 Å². The van der Waals surface area contributed by atoms with Gasteiger partial charge >= 0.3 is 0 Å². The maximum atomic E-state index is 11.5. The molecule has 80 valence electrons. The second kappa shape index (κ2) is 3.35.